The van der Waals surface area contributed by atoms with Gasteiger partial charge in [0.2, 0.25) is 0 Å². The fourth-order valence-electron chi connectivity index (χ4n) is 6.27. The normalized spacial score (nSPS) is 58.1. The van der Waals surface area contributed by atoms with E-state index in [0.29, 0.717) is 25.2 Å². The van der Waals surface area contributed by atoms with Gasteiger partial charge in [-0.3, -0.25) is 9.69 Å². The Morgan fingerprint density at radius 3 is 2.65 bits per heavy atom. The molecule has 6 atom stereocenters. The Hall–Kier alpha value is -0.450. The summed E-state index contributed by atoms with van der Waals surface area (Å²) < 4.78 is 0. The van der Waals surface area contributed by atoms with Crippen LogP contribution in [0.15, 0.2) is 0 Å². The molecule has 4 aliphatic rings. The molecular weight excluding hydrogens is 254 g/mol. The molecule has 0 aromatic heterocycles. The second-order valence-corrected chi connectivity index (χ2v) is 7.71. The molecule has 1 spiro atoms. The maximum Gasteiger partial charge on any atom is 0.165 e. The molecule has 20 heavy (non-hydrogen) atoms. The summed E-state index contributed by atoms with van der Waals surface area (Å²) in [5.41, 5.74) is -2.84. The van der Waals surface area contributed by atoms with E-state index in [2.05, 4.69) is 11.8 Å². The smallest absolute Gasteiger partial charge is 0.165 e. The van der Waals surface area contributed by atoms with Crippen LogP contribution in [0.1, 0.15) is 51.9 Å². The largest absolute Gasteiger partial charge is 0.381 e. The first-order valence-electron chi connectivity index (χ1n) is 8.17. The van der Waals surface area contributed by atoms with E-state index in [1.54, 1.807) is 0 Å². The van der Waals surface area contributed by atoms with Crippen LogP contribution in [-0.4, -0.2) is 45.3 Å². The third kappa shape index (κ3) is 1.23. The number of hydrogen-bond acceptors (Lipinski definition) is 4. The third-order valence-electron chi connectivity index (χ3n) is 6.85. The Morgan fingerprint density at radius 1 is 1.20 bits per heavy atom. The highest BCUT2D eigenvalue weighted by Gasteiger charge is 2.76. The van der Waals surface area contributed by atoms with Gasteiger partial charge in [0, 0.05) is 19.5 Å². The Balaban J connectivity index is 1.95. The van der Waals surface area contributed by atoms with E-state index in [0.717, 1.165) is 38.8 Å². The molecule has 2 aliphatic carbocycles. The molecule has 2 aliphatic heterocycles. The number of hydrogen-bond donors (Lipinski definition) is 2. The van der Waals surface area contributed by atoms with Crippen LogP contribution in [-0.2, 0) is 4.79 Å². The molecule has 2 bridgehead atoms. The minimum atomic E-state index is -1.28. The van der Waals surface area contributed by atoms with E-state index in [-0.39, 0.29) is 11.7 Å². The fraction of sp³-hybridized carbons (Fsp3) is 0.938. The van der Waals surface area contributed by atoms with Crippen LogP contribution in [0.25, 0.3) is 0 Å². The van der Waals surface area contributed by atoms with E-state index in [9.17, 15) is 15.0 Å². The molecule has 4 nitrogen and oxygen atoms in total. The van der Waals surface area contributed by atoms with Crippen molar-refractivity contribution in [2.24, 2.45) is 17.3 Å². The summed E-state index contributed by atoms with van der Waals surface area (Å²) in [5.74, 6) is 0.584. The van der Waals surface area contributed by atoms with Crippen LogP contribution in [0.2, 0.25) is 0 Å². The molecule has 4 fully saturated rings. The highest BCUT2D eigenvalue weighted by molar-refractivity contribution is 5.91. The lowest BCUT2D eigenvalue weighted by atomic mass is 9.51. The standard InChI is InChI=1S/C16H25NO3/c1-11-8-12-9-13(18)15(19)5-3-7-17-6-2-4-14(12,15)16(17,20)10-11/h11-12,19-20H,2-10H2,1H3. The zero-order valence-electron chi connectivity index (χ0n) is 12.3. The molecule has 4 rings (SSSR count). The first-order chi connectivity index (χ1) is 9.44. The number of carbonyl (C=O) groups is 1. The van der Waals surface area contributed by atoms with E-state index in [1.165, 1.54) is 0 Å². The minimum absolute atomic E-state index is 0.00113. The molecule has 0 radical (unpaired) electrons. The summed E-state index contributed by atoms with van der Waals surface area (Å²) in [4.78, 5) is 14.8. The Kier molecular flexibility index (Phi) is 2.54. The number of rotatable bonds is 0. The molecule has 6 unspecified atom stereocenters. The molecule has 0 aromatic rings. The predicted molar refractivity (Wildman–Crippen MR) is 73.9 cm³/mol. The van der Waals surface area contributed by atoms with Crippen molar-refractivity contribution in [2.45, 2.75) is 63.2 Å². The van der Waals surface area contributed by atoms with Crippen molar-refractivity contribution in [3.05, 3.63) is 0 Å². The fourth-order valence-corrected chi connectivity index (χ4v) is 6.27. The zero-order valence-corrected chi connectivity index (χ0v) is 12.3. The van der Waals surface area contributed by atoms with Gasteiger partial charge in [-0.05, 0) is 50.4 Å². The molecular formula is C16H25NO3. The lowest BCUT2D eigenvalue weighted by molar-refractivity contribution is -0.292. The van der Waals surface area contributed by atoms with E-state index in [4.69, 9.17) is 0 Å². The van der Waals surface area contributed by atoms with E-state index >= 15 is 0 Å². The monoisotopic (exact) mass is 279 g/mol. The maximum absolute atomic E-state index is 12.6. The van der Waals surface area contributed by atoms with Gasteiger partial charge in [-0.15, -0.1) is 0 Å². The van der Waals surface area contributed by atoms with E-state index < -0.39 is 16.7 Å². The van der Waals surface area contributed by atoms with Crippen LogP contribution in [0.4, 0.5) is 0 Å². The van der Waals surface area contributed by atoms with Crippen molar-refractivity contribution in [1.82, 2.24) is 4.90 Å². The van der Waals surface area contributed by atoms with Gasteiger partial charge in [0.15, 0.2) is 5.78 Å². The van der Waals surface area contributed by atoms with Crippen molar-refractivity contribution in [1.29, 1.82) is 0 Å². The quantitative estimate of drug-likeness (QED) is 0.702. The van der Waals surface area contributed by atoms with Crippen molar-refractivity contribution in [3.8, 4) is 0 Å². The van der Waals surface area contributed by atoms with Crippen LogP contribution in [0.5, 0.6) is 0 Å². The second kappa shape index (κ2) is 3.84. The van der Waals surface area contributed by atoms with Gasteiger partial charge in [-0.25, -0.2) is 0 Å². The minimum Gasteiger partial charge on any atom is -0.381 e. The summed E-state index contributed by atoms with van der Waals surface area (Å²) in [6.45, 7) is 3.89. The summed E-state index contributed by atoms with van der Waals surface area (Å²) in [6, 6.07) is 0. The van der Waals surface area contributed by atoms with Crippen LogP contribution < -0.4 is 0 Å². The molecule has 112 valence electrons. The Bertz CT molecular complexity index is 467. The SMILES string of the molecule is CC1CC2CC(=O)C3(O)CCCN4CCCC23C4(O)C1. The second-order valence-electron chi connectivity index (χ2n) is 7.71. The lowest BCUT2D eigenvalue weighted by Gasteiger charge is -2.63. The van der Waals surface area contributed by atoms with Crippen LogP contribution in [0, 0.1) is 17.3 Å². The summed E-state index contributed by atoms with van der Waals surface area (Å²) in [5, 5.41) is 22.9. The number of ketones is 1. The van der Waals surface area contributed by atoms with Crippen LogP contribution >= 0.6 is 0 Å². The van der Waals surface area contributed by atoms with Gasteiger partial charge < -0.3 is 10.2 Å². The van der Waals surface area contributed by atoms with Gasteiger partial charge in [0.25, 0.3) is 0 Å². The number of carbonyl (C=O) groups excluding carboxylic acids is 1. The topological polar surface area (TPSA) is 60.8 Å². The third-order valence-corrected chi connectivity index (χ3v) is 6.85. The molecule has 4 heteroatoms. The van der Waals surface area contributed by atoms with Gasteiger partial charge >= 0.3 is 0 Å². The van der Waals surface area contributed by atoms with E-state index in [1.807, 2.05) is 0 Å². The molecule has 2 N–H and O–H groups in total. The molecule has 0 aromatic carbocycles. The summed E-state index contributed by atoms with van der Waals surface area (Å²) >= 11 is 0. The Labute approximate surface area is 120 Å². The molecule has 2 heterocycles. The highest BCUT2D eigenvalue weighted by Crippen LogP contribution is 2.67. The highest BCUT2D eigenvalue weighted by atomic mass is 16.3. The number of piperidine rings is 1. The molecule has 0 amide bonds. The summed E-state index contributed by atoms with van der Waals surface area (Å²) in [7, 11) is 0. The van der Waals surface area contributed by atoms with Crippen molar-refractivity contribution in [3.63, 3.8) is 0 Å². The van der Waals surface area contributed by atoms with Gasteiger partial charge in [-0.2, -0.15) is 0 Å². The first kappa shape index (κ1) is 13.2. The van der Waals surface area contributed by atoms with Crippen molar-refractivity contribution < 1.29 is 15.0 Å². The summed E-state index contributed by atoms with van der Waals surface area (Å²) in [6.07, 6.45) is 5.30. The number of Topliss-reactive ketones (excluding diaryl/α,β-unsaturated/α-hetero) is 1. The average Bonchev–Trinajstić information content (AvgIpc) is 2.56. The number of aliphatic hydroxyl groups is 2. The number of nitrogens with zero attached hydrogens (tertiary/aromatic N) is 1. The van der Waals surface area contributed by atoms with Gasteiger partial charge in [0.1, 0.15) is 11.3 Å². The van der Waals surface area contributed by atoms with Crippen LogP contribution in [0.3, 0.4) is 0 Å². The first-order valence-corrected chi connectivity index (χ1v) is 8.17. The molecule has 2 saturated carbocycles. The maximum atomic E-state index is 12.6. The predicted octanol–water partition coefficient (Wildman–Crippen LogP) is 1.30. The van der Waals surface area contributed by atoms with Gasteiger partial charge in [-0.1, -0.05) is 6.92 Å². The van der Waals surface area contributed by atoms with Gasteiger partial charge in [0.05, 0.1) is 5.41 Å². The zero-order chi connectivity index (χ0) is 14.2. The van der Waals surface area contributed by atoms with Crippen molar-refractivity contribution in [2.75, 3.05) is 13.1 Å². The average molecular weight is 279 g/mol. The molecule has 2 saturated heterocycles. The van der Waals surface area contributed by atoms with Crippen molar-refractivity contribution >= 4 is 5.78 Å². The Morgan fingerprint density at radius 2 is 1.90 bits per heavy atom. The lowest BCUT2D eigenvalue weighted by Crippen LogP contribution is -2.72.